The summed E-state index contributed by atoms with van der Waals surface area (Å²) >= 11 is 0. The van der Waals surface area contributed by atoms with E-state index < -0.39 is 0 Å². The van der Waals surface area contributed by atoms with Gasteiger partial charge in [0.05, 0.1) is 12.6 Å². The number of benzene rings is 1. The fourth-order valence-electron chi connectivity index (χ4n) is 2.23. The average molecular weight is 248 g/mol. The molecule has 1 heterocycles. The van der Waals surface area contributed by atoms with Crippen LogP contribution >= 0.6 is 0 Å². The highest BCUT2D eigenvalue weighted by atomic mass is 16.5. The zero-order valence-corrected chi connectivity index (χ0v) is 11.2. The van der Waals surface area contributed by atoms with Crippen molar-refractivity contribution in [1.82, 2.24) is 10.6 Å². The minimum absolute atomic E-state index is 0.0421. The summed E-state index contributed by atoms with van der Waals surface area (Å²) in [7, 11) is 1.62. The Morgan fingerprint density at radius 1 is 1.50 bits per heavy atom. The molecular weight excluding hydrogens is 228 g/mol. The van der Waals surface area contributed by atoms with Gasteiger partial charge in [0, 0.05) is 12.1 Å². The summed E-state index contributed by atoms with van der Waals surface area (Å²) < 4.78 is 5.24. The third-order valence-electron chi connectivity index (χ3n) is 3.45. The molecule has 2 rings (SSSR count). The molecule has 1 aliphatic heterocycles. The van der Waals surface area contributed by atoms with Crippen molar-refractivity contribution in [2.75, 3.05) is 20.2 Å². The van der Waals surface area contributed by atoms with Crippen molar-refractivity contribution in [1.29, 1.82) is 0 Å². The number of hydrogen-bond donors (Lipinski definition) is 2. The van der Waals surface area contributed by atoms with Crippen LogP contribution in [-0.4, -0.2) is 31.6 Å². The van der Waals surface area contributed by atoms with E-state index in [1.807, 2.05) is 19.1 Å². The Morgan fingerprint density at radius 2 is 2.28 bits per heavy atom. The number of aryl methyl sites for hydroxylation is 1. The first-order valence-electron chi connectivity index (χ1n) is 6.22. The van der Waals surface area contributed by atoms with Crippen LogP contribution in [0.4, 0.5) is 0 Å². The Bertz CT molecular complexity index is 451. The molecule has 0 aliphatic carbocycles. The van der Waals surface area contributed by atoms with E-state index in [1.165, 1.54) is 0 Å². The molecule has 1 aromatic carbocycles. The summed E-state index contributed by atoms with van der Waals surface area (Å²) in [5, 5.41) is 6.35. The molecule has 1 fully saturated rings. The molecule has 0 saturated carbocycles. The lowest BCUT2D eigenvalue weighted by Gasteiger charge is -2.24. The Hall–Kier alpha value is -1.55. The molecule has 0 radical (unpaired) electrons. The predicted molar refractivity (Wildman–Crippen MR) is 71.1 cm³/mol. The van der Waals surface area contributed by atoms with Gasteiger partial charge in [0.2, 0.25) is 0 Å². The molecule has 18 heavy (non-hydrogen) atoms. The topological polar surface area (TPSA) is 50.4 Å². The second-order valence-electron chi connectivity index (χ2n) is 5.13. The zero-order valence-electron chi connectivity index (χ0n) is 11.2. The van der Waals surface area contributed by atoms with Crippen LogP contribution in [0.15, 0.2) is 18.2 Å². The van der Waals surface area contributed by atoms with Gasteiger partial charge in [-0.3, -0.25) is 4.79 Å². The zero-order chi connectivity index (χ0) is 13.2. The number of carbonyl (C=O) groups is 1. The maximum absolute atomic E-state index is 12.2. The molecule has 0 bridgehead atoms. The van der Waals surface area contributed by atoms with Crippen molar-refractivity contribution in [3.63, 3.8) is 0 Å². The summed E-state index contributed by atoms with van der Waals surface area (Å²) in [6.45, 7) is 5.80. The van der Waals surface area contributed by atoms with Gasteiger partial charge in [0.25, 0.3) is 5.91 Å². The second-order valence-corrected chi connectivity index (χ2v) is 5.13. The molecule has 2 N–H and O–H groups in total. The highest BCUT2D eigenvalue weighted by Gasteiger charge is 2.30. The summed E-state index contributed by atoms with van der Waals surface area (Å²) in [5.74, 6) is 0.705. The number of ether oxygens (including phenoxy) is 1. The highest BCUT2D eigenvalue weighted by molar-refractivity contribution is 5.95. The van der Waals surface area contributed by atoms with E-state index in [1.54, 1.807) is 13.2 Å². The molecule has 1 atom stereocenters. The lowest BCUT2D eigenvalue weighted by atomic mass is 10.0. The van der Waals surface area contributed by atoms with Crippen LogP contribution in [0.1, 0.15) is 29.3 Å². The molecule has 98 valence electrons. The van der Waals surface area contributed by atoms with E-state index >= 15 is 0 Å². The second kappa shape index (κ2) is 4.98. The van der Waals surface area contributed by atoms with Crippen LogP contribution < -0.4 is 15.4 Å². The van der Waals surface area contributed by atoms with Crippen molar-refractivity contribution in [2.24, 2.45) is 0 Å². The number of carbonyl (C=O) groups excluding carboxylic acids is 1. The quantitative estimate of drug-likeness (QED) is 0.852. The molecular formula is C14H20N2O2. The van der Waals surface area contributed by atoms with Gasteiger partial charge in [-0.2, -0.15) is 0 Å². The number of rotatable bonds is 3. The van der Waals surface area contributed by atoms with Crippen molar-refractivity contribution >= 4 is 5.91 Å². The van der Waals surface area contributed by atoms with Gasteiger partial charge in [-0.1, -0.05) is 6.07 Å². The summed E-state index contributed by atoms with van der Waals surface area (Å²) in [6, 6.07) is 5.53. The lowest BCUT2D eigenvalue weighted by molar-refractivity contribution is 0.0912. The van der Waals surface area contributed by atoms with Gasteiger partial charge in [-0.05, 0) is 44.5 Å². The normalized spacial score (nSPS) is 22.8. The first-order valence-corrected chi connectivity index (χ1v) is 6.22. The van der Waals surface area contributed by atoms with Crippen molar-refractivity contribution < 1.29 is 9.53 Å². The van der Waals surface area contributed by atoms with Crippen molar-refractivity contribution in [3.8, 4) is 5.75 Å². The van der Waals surface area contributed by atoms with E-state index in [0.717, 1.165) is 30.8 Å². The lowest BCUT2D eigenvalue weighted by Crippen LogP contribution is -2.47. The van der Waals surface area contributed by atoms with E-state index in [-0.39, 0.29) is 11.4 Å². The number of methoxy groups -OCH3 is 1. The molecule has 1 saturated heterocycles. The van der Waals surface area contributed by atoms with Gasteiger partial charge in [0.1, 0.15) is 5.75 Å². The smallest absolute Gasteiger partial charge is 0.251 e. The van der Waals surface area contributed by atoms with Crippen LogP contribution in [0.5, 0.6) is 5.75 Å². The molecule has 1 aromatic rings. The van der Waals surface area contributed by atoms with Crippen LogP contribution in [0.3, 0.4) is 0 Å². The van der Waals surface area contributed by atoms with E-state index in [4.69, 9.17) is 4.74 Å². The fourth-order valence-corrected chi connectivity index (χ4v) is 2.23. The minimum Gasteiger partial charge on any atom is -0.496 e. The Kier molecular flexibility index (Phi) is 3.57. The first-order chi connectivity index (χ1) is 8.54. The molecule has 4 nitrogen and oxygen atoms in total. The fraction of sp³-hybridized carbons (Fsp3) is 0.500. The van der Waals surface area contributed by atoms with Gasteiger partial charge >= 0.3 is 0 Å². The molecule has 0 aromatic heterocycles. The maximum Gasteiger partial charge on any atom is 0.251 e. The first kappa shape index (κ1) is 12.9. The van der Waals surface area contributed by atoms with Gasteiger partial charge in [-0.15, -0.1) is 0 Å². The van der Waals surface area contributed by atoms with Crippen LogP contribution in [0.2, 0.25) is 0 Å². The standard InChI is InChI=1S/C14H20N2O2/c1-10-4-5-11(8-12(10)18-3)13(17)16-14(2)6-7-15-9-14/h4-5,8,15H,6-7,9H2,1-3H3,(H,16,17). The van der Waals surface area contributed by atoms with Gasteiger partial charge in [-0.25, -0.2) is 0 Å². The minimum atomic E-state index is -0.144. The Labute approximate surface area is 108 Å². The van der Waals surface area contributed by atoms with Crippen LogP contribution in [-0.2, 0) is 0 Å². The number of hydrogen-bond acceptors (Lipinski definition) is 3. The Morgan fingerprint density at radius 3 is 2.89 bits per heavy atom. The van der Waals surface area contributed by atoms with Crippen molar-refractivity contribution in [2.45, 2.75) is 25.8 Å². The van der Waals surface area contributed by atoms with Crippen molar-refractivity contribution in [3.05, 3.63) is 29.3 Å². The summed E-state index contributed by atoms with van der Waals surface area (Å²) in [4.78, 5) is 12.2. The van der Waals surface area contributed by atoms with E-state index in [9.17, 15) is 4.79 Å². The summed E-state index contributed by atoms with van der Waals surface area (Å²) in [6.07, 6.45) is 0.960. The van der Waals surface area contributed by atoms with E-state index in [2.05, 4.69) is 17.6 Å². The predicted octanol–water partition coefficient (Wildman–Crippen LogP) is 1.49. The van der Waals surface area contributed by atoms with Crippen LogP contribution in [0, 0.1) is 6.92 Å². The van der Waals surface area contributed by atoms with Gasteiger partial charge in [0.15, 0.2) is 0 Å². The van der Waals surface area contributed by atoms with Crippen LogP contribution in [0.25, 0.3) is 0 Å². The molecule has 1 aliphatic rings. The maximum atomic E-state index is 12.2. The SMILES string of the molecule is COc1cc(C(=O)NC2(C)CCNC2)ccc1C. The number of amides is 1. The molecule has 1 unspecified atom stereocenters. The average Bonchev–Trinajstić information content (AvgIpc) is 2.76. The summed E-state index contributed by atoms with van der Waals surface area (Å²) in [5.41, 5.74) is 1.53. The van der Waals surface area contributed by atoms with Gasteiger partial charge < -0.3 is 15.4 Å². The largest absolute Gasteiger partial charge is 0.496 e. The number of nitrogens with one attached hydrogen (secondary N) is 2. The van der Waals surface area contributed by atoms with E-state index in [0.29, 0.717) is 5.56 Å². The molecule has 1 amide bonds. The highest BCUT2D eigenvalue weighted by Crippen LogP contribution is 2.20. The molecule has 4 heteroatoms. The monoisotopic (exact) mass is 248 g/mol. The molecule has 0 spiro atoms. The Balaban J connectivity index is 2.13. The third kappa shape index (κ3) is 2.64. The third-order valence-corrected chi connectivity index (χ3v) is 3.45.